The maximum atomic E-state index is 8.40. The van der Waals surface area contributed by atoms with E-state index in [9.17, 15) is 0 Å². The molecule has 0 aromatic carbocycles. The fourth-order valence-electron chi connectivity index (χ4n) is 2.14. The molecule has 0 radical (unpaired) electrons. The minimum Gasteiger partial charge on any atom is -0.400 e. The molecule has 60 heavy (non-hydrogen) atoms. The largest absolute Gasteiger partial charge is 0.549 e. The lowest BCUT2D eigenvalue weighted by atomic mass is 10.5. The average molecular weight is 1020 g/mol. The molecule has 0 saturated carbocycles. The lowest BCUT2D eigenvalue weighted by molar-refractivity contribution is 0.248. The summed E-state index contributed by atoms with van der Waals surface area (Å²) in [5.74, 6) is 0.912. The second kappa shape index (κ2) is 113. The number of aliphatic hydroxyl groups excluding tert-OH is 9. The third-order valence-electron chi connectivity index (χ3n) is 6.36. The second-order valence-electron chi connectivity index (χ2n) is 8.76. The van der Waals surface area contributed by atoms with Gasteiger partial charge in [-0.15, -0.1) is 0 Å². The molecule has 0 rings (SSSR count). The van der Waals surface area contributed by atoms with E-state index >= 15 is 0 Å². The summed E-state index contributed by atoms with van der Waals surface area (Å²) >= 11 is 4.12. The van der Waals surface area contributed by atoms with E-state index in [-0.39, 0.29) is 0 Å². The van der Waals surface area contributed by atoms with Crippen LogP contribution in [0.3, 0.4) is 0 Å². The number of rotatable bonds is 16. The van der Waals surface area contributed by atoms with Crippen molar-refractivity contribution < 1.29 is 99.2 Å². The first kappa shape index (κ1) is 103. The molecule has 0 bridgehead atoms. The van der Waals surface area contributed by atoms with Gasteiger partial charge in [-0.05, 0) is 75.5 Å². The van der Waals surface area contributed by atoms with Gasteiger partial charge in [-0.3, -0.25) is 17.8 Å². The fourth-order valence-corrected chi connectivity index (χ4v) is 6.90. The second-order valence-corrected chi connectivity index (χ2v) is 24.3. The number of nitrogens with two attached hydrogens (primary N) is 1. The van der Waals surface area contributed by atoms with Crippen molar-refractivity contribution in [2.45, 2.75) is 77.1 Å². The highest BCUT2D eigenvalue weighted by molar-refractivity contribution is 7.80. The van der Waals surface area contributed by atoms with E-state index in [0.717, 1.165) is 113 Å². The molecular weight excluding hydrogens is 923 g/mol. The van der Waals surface area contributed by atoms with Gasteiger partial charge < -0.3 is 87.1 Å². The van der Waals surface area contributed by atoms with Crippen molar-refractivity contribution in [3.63, 3.8) is 0 Å². The topological polar surface area (TPSA) is 350 Å². The molecule has 0 aromatic heterocycles. The molecule has 0 unspecified atom stereocenters. The van der Waals surface area contributed by atoms with Gasteiger partial charge in [0.1, 0.15) is 0 Å². The molecule has 11 N–H and O–H groups in total. The van der Waals surface area contributed by atoms with Crippen LogP contribution in [0.4, 0.5) is 0 Å². The predicted octanol–water partition coefficient (Wildman–Crippen LogP) is 0.353. The first-order valence-corrected chi connectivity index (χ1v) is 29.7. The van der Waals surface area contributed by atoms with Crippen LogP contribution in [-0.2, 0) is 53.3 Å². The van der Waals surface area contributed by atoms with Crippen LogP contribution in [-0.4, -0.2) is 232 Å². The van der Waals surface area contributed by atoms with Crippen LogP contribution in [0.15, 0.2) is 0 Å². The third kappa shape index (κ3) is 118. The van der Waals surface area contributed by atoms with Crippen LogP contribution >= 0.6 is 12.6 Å². The number of hydrogen-bond donors (Lipinski definition) is 11. The van der Waals surface area contributed by atoms with Gasteiger partial charge in [0.15, 0.2) is 0 Å². The average Bonchev–Trinajstić information content (AvgIpc) is 3.36. The van der Waals surface area contributed by atoms with Gasteiger partial charge in [-0.1, -0.05) is 13.8 Å². The predicted molar refractivity (Wildman–Crippen MR) is 253 cm³/mol. The smallest absolute Gasteiger partial charge is 0.400 e. The summed E-state index contributed by atoms with van der Waals surface area (Å²) in [6.45, 7) is 13.1. The van der Waals surface area contributed by atoms with Crippen molar-refractivity contribution in [2.75, 3.05) is 133 Å². The Kier molecular flexibility index (Phi) is 194. The normalized spacial score (nSPS) is 8.37. The Balaban J connectivity index is -0.0000000296. The van der Waals surface area contributed by atoms with Crippen molar-refractivity contribution in [2.24, 2.45) is 5.73 Å². The SMILES string of the molecule is CC[Si](C)(OC)OC.CC[Si](C)(OC)OC.CO.CO.CO.CO.CO.CO.CO.CO.CO.CO[Si](C)(CCCN)OC.CO[Si](C)(CCCS)OC.O=[Si]=O.O=[Si]=O. The first-order valence-electron chi connectivity index (χ1n) is 17.3. The monoisotopic (exact) mass is 1020 g/mol. The summed E-state index contributed by atoms with van der Waals surface area (Å²) in [7, 11) is 12.9. The van der Waals surface area contributed by atoms with Gasteiger partial charge in [0.05, 0.1) is 0 Å². The lowest BCUT2D eigenvalue weighted by Gasteiger charge is -2.21. The molecule has 29 heteroatoms. The van der Waals surface area contributed by atoms with Crippen LogP contribution < -0.4 is 5.73 Å². The summed E-state index contributed by atoms with van der Waals surface area (Å²) in [6, 6.07) is 4.04. The molecule has 22 nitrogen and oxygen atoms in total. The zero-order valence-electron chi connectivity index (χ0n) is 41.6. The number of thiol groups is 1. The van der Waals surface area contributed by atoms with Crippen molar-refractivity contribution >= 4 is 65.5 Å². The van der Waals surface area contributed by atoms with Gasteiger partial charge in [0, 0.05) is 121 Å². The van der Waals surface area contributed by atoms with Crippen LogP contribution in [0.1, 0.15) is 26.7 Å². The summed E-state index contributed by atoms with van der Waals surface area (Å²) in [4.78, 5) is 0. The quantitative estimate of drug-likeness (QED) is 0.0734. The molecule has 0 aliphatic carbocycles. The van der Waals surface area contributed by atoms with E-state index in [0.29, 0.717) is 0 Å². The standard InChI is InChI=1S/C6H17NO2Si.C6H16O2SSi.2C5H14O2Si.9CH4O.2O2Si/c1-8-10(3,9-2)6-4-5-7;1-7-10(3,8-2)6-4-5-9;2*1-5-8(4,6-2)7-3;9*1-2;2*1-3-2/h4-7H2,1-3H3;9H,4-6H2,1-3H3;2*5H2,1-4H3;9*2H,1H3;;. The van der Waals surface area contributed by atoms with Gasteiger partial charge in [0.2, 0.25) is 0 Å². The molecule has 0 amide bonds. The van der Waals surface area contributed by atoms with E-state index < -0.39 is 52.8 Å². The molecule has 0 aromatic rings. The Morgan fingerprint density at radius 3 is 0.633 bits per heavy atom. The van der Waals surface area contributed by atoms with E-state index in [1.165, 1.54) is 0 Å². The lowest BCUT2D eigenvalue weighted by Crippen LogP contribution is -2.36. The van der Waals surface area contributed by atoms with E-state index in [4.69, 9.17) is 105 Å². The van der Waals surface area contributed by atoms with Crippen molar-refractivity contribution in [1.82, 2.24) is 0 Å². The minimum absolute atomic E-state index is 0.718. The molecule has 0 atom stereocenters. The van der Waals surface area contributed by atoms with Gasteiger partial charge >= 0.3 is 52.8 Å². The van der Waals surface area contributed by atoms with Gasteiger partial charge in [0.25, 0.3) is 0 Å². The number of hydrogen-bond acceptors (Lipinski definition) is 23. The Bertz CT molecular complexity index is 573. The molecule has 382 valence electrons. The maximum Gasteiger partial charge on any atom is 0.549 e. The van der Waals surface area contributed by atoms with E-state index in [1.807, 2.05) is 19.6 Å². The zero-order chi connectivity index (χ0) is 52.7. The molecule has 0 aliphatic rings. The molecule has 0 saturated heterocycles. The van der Waals surface area contributed by atoms with Crippen LogP contribution in [0, 0.1) is 0 Å². The Morgan fingerprint density at radius 1 is 0.400 bits per heavy atom. The highest BCUT2D eigenvalue weighted by atomic mass is 32.1. The van der Waals surface area contributed by atoms with E-state index in [1.54, 1.807) is 56.9 Å². The van der Waals surface area contributed by atoms with Crippen LogP contribution in [0.5, 0.6) is 0 Å². The molecule has 0 heterocycles. The first-order chi connectivity index (χ1) is 28.6. The van der Waals surface area contributed by atoms with Crippen molar-refractivity contribution in [3.8, 4) is 0 Å². The van der Waals surface area contributed by atoms with Crippen LogP contribution in [0.25, 0.3) is 0 Å². The molecule has 0 fully saturated rings. The maximum absolute atomic E-state index is 8.40. The van der Waals surface area contributed by atoms with Gasteiger partial charge in [-0.25, -0.2) is 0 Å². The fraction of sp³-hybridized carbons (Fsp3) is 1.00. The van der Waals surface area contributed by atoms with Gasteiger partial charge in [-0.2, -0.15) is 12.6 Å². The zero-order valence-corrected chi connectivity index (χ0v) is 48.5. The van der Waals surface area contributed by atoms with Crippen molar-refractivity contribution in [3.05, 3.63) is 0 Å². The minimum atomic E-state index is -1.80. The summed E-state index contributed by atoms with van der Waals surface area (Å²) in [5, 5.41) is 63.0. The summed E-state index contributed by atoms with van der Waals surface area (Å²) in [5.41, 5.74) is 5.36. The van der Waals surface area contributed by atoms with Crippen LogP contribution in [0.2, 0.25) is 50.4 Å². The summed E-state index contributed by atoms with van der Waals surface area (Å²) < 4.78 is 75.3. The Morgan fingerprint density at radius 2 is 0.550 bits per heavy atom. The molecule has 0 spiro atoms. The van der Waals surface area contributed by atoms with Crippen molar-refractivity contribution in [1.29, 1.82) is 0 Å². The Labute approximate surface area is 379 Å². The molecular formula is C31H97NO21SSi6. The highest BCUT2D eigenvalue weighted by Crippen LogP contribution is 2.14. The number of aliphatic hydroxyl groups is 9. The molecule has 0 aliphatic heterocycles. The summed E-state index contributed by atoms with van der Waals surface area (Å²) in [6.07, 6.45) is 2.07. The highest BCUT2D eigenvalue weighted by Gasteiger charge is 2.28. The Hall–Kier alpha value is 0.131. The van der Waals surface area contributed by atoms with E-state index in [2.05, 4.69) is 33.0 Å². The third-order valence-corrected chi connectivity index (χ3v) is 18.7.